The number of aromatic nitrogens is 1. The third-order valence-corrected chi connectivity index (χ3v) is 3.78. The van der Waals surface area contributed by atoms with Gasteiger partial charge in [0.1, 0.15) is 0 Å². The predicted molar refractivity (Wildman–Crippen MR) is 84.7 cm³/mol. The molecule has 2 nitrogen and oxygen atoms in total. The summed E-state index contributed by atoms with van der Waals surface area (Å²) in [7, 11) is 1.99. The number of rotatable bonds is 3. The van der Waals surface area contributed by atoms with E-state index in [4.69, 9.17) is 0 Å². The van der Waals surface area contributed by atoms with Crippen molar-refractivity contribution >= 4 is 10.9 Å². The zero-order valence-corrected chi connectivity index (χ0v) is 11.8. The highest BCUT2D eigenvalue weighted by Crippen LogP contribution is 2.29. The normalized spacial score (nSPS) is 12.5. The van der Waals surface area contributed by atoms with Gasteiger partial charge in [-0.3, -0.25) is 4.98 Å². The van der Waals surface area contributed by atoms with E-state index in [9.17, 15) is 0 Å². The van der Waals surface area contributed by atoms with Crippen LogP contribution in [0.1, 0.15) is 18.5 Å². The molecule has 1 unspecified atom stereocenters. The Kier molecular flexibility index (Phi) is 3.48. The highest BCUT2D eigenvalue weighted by Gasteiger charge is 2.10. The second-order valence-electron chi connectivity index (χ2n) is 5.01. The van der Waals surface area contributed by atoms with E-state index in [0.29, 0.717) is 6.04 Å². The second kappa shape index (κ2) is 5.43. The van der Waals surface area contributed by atoms with E-state index in [2.05, 4.69) is 65.8 Å². The highest BCUT2D eigenvalue weighted by atomic mass is 14.9. The van der Waals surface area contributed by atoms with Crippen molar-refractivity contribution in [3.05, 3.63) is 66.4 Å². The van der Waals surface area contributed by atoms with Gasteiger partial charge in [0.2, 0.25) is 0 Å². The number of fused-ring (bicyclic) bond motifs is 1. The van der Waals surface area contributed by atoms with Gasteiger partial charge in [0.05, 0.1) is 5.52 Å². The molecule has 0 amide bonds. The standard InChI is InChI=1S/C18H18N2/c1-13(19-2)16-7-3-4-8-17(16)15-10-9-14-6-5-11-20-18(14)12-15/h3-13,19H,1-2H3. The maximum Gasteiger partial charge on any atom is 0.0708 e. The number of hydrogen-bond donors (Lipinski definition) is 1. The van der Waals surface area contributed by atoms with Crippen molar-refractivity contribution in [1.29, 1.82) is 0 Å². The molecule has 1 atom stereocenters. The molecule has 0 aliphatic heterocycles. The van der Waals surface area contributed by atoms with Crippen LogP contribution in [0, 0.1) is 0 Å². The first-order chi connectivity index (χ1) is 9.79. The molecule has 0 bridgehead atoms. The Morgan fingerprint density at radius 3 is 2.70 bits per heavy atom. The summed E-state index contributed by atoms with van der Waals surface area (Å²) in [6.45, 7) is 2.18. The lowest BCUT2D eigenvalue weighted by Gasteiger charge is -2.16. The first kappa shape index (κ1) is 12.8. The van der Waals surface area contributed by atoms with Crippen LogP contribution in [0.4, 0.5) is 0 Å². The van der Waals surface area contributed by atoms with Crippen LogP contribution in [0.25, 0.3) is 22.0 Å². The van der Waals surface area contributed by atoms with E-state index >= 15 is 0 Å². The van der Waals surface area contributed by atoms with E-state index in [1.807, 2.05) is 19.3 Å². The van der Waals surface area contributed by atoms with E-state index < -0.39 is 0 Å². The molecule has 2 aromatic carbocycles. The summed E-state index contributed by atoms with van der Waals surface area (Å²) >= 11 is 0. The molecule has 3 aromatic rings. The summed E-state index contributed by atoms with van der Waals surface area (Å²) in [4.78, 5) is 4.45. The average molecular weight is 262 g/mol. The molecule has 1 aromatic heterocycles. The Bertz CT molecular complexity index is 734. The van der Waals surface area contributed by atoms with Crippen molar-refractivity contribution in [2.24, 2.45) is 0 Å². The Morgan fingerprint density at radius 2 is 1.85 bits per heavy atom. The van der Waals surface area contributed by atoms with Crippen LogP contribution in [0.3, 0.4) is 0 Å². The SMILES string of the molecule is CNC(C)c1ccccc1-c1ccc2cccnc2c1. The molecule has 1 heterocycles. The molecular weight excluding hydrogens is 244 g/mol. The monoisotopic (exact) mass is 262 g/mol. The van der Waals surface area contributed by atoms with Crippen molar-refractivity contribution in [3.8, 4) is 11.1 Å². The van der Waals surface area contributed by atoms with Crippen LogP contribution in [-0.2, 0) is 0 Å². The molecule has 1 N–H and O–H groups in total. The lowest BCUT2D eigenvalue weighted by atomic mass is 9.95. The zero-order valence-electron chi connectivity index (χ0n) is 11.8. The third kappa shape index (κ3) is 2.30. The van der Waals surface area contributed by atoms with Crippen LogP contribution >= 0.6 is 0 Å². The fourth-order valence-corrected chi connectivity index (χ4v) is 2.53. The van der Waals surface area contributed by atoms with Gasteiger partial charge in [-0.15, -0.1) is 0 Å². The third-order valence-electron chi connectivity index (χ3n) is 3.78. The molecule has 2 heteroatoms. The fraction of sp³-hybridized carbons (Fsp3) is 0.167. The molecule has 0 fully saturated rings. The molecule has 3 rings (SSSR count). The van der Waals surface area contributed by atoms with Crippen molar-refractivity contribution in [3.63, 3.8) is 0 Å². The first-order valence-corrected chi connectivity index (χ1v) is 6.91. The summed E-state index contributed by atoms with van der Waals surface area (Å²) < 4.78 is 0. The van der Waals surface area contributed by atoms with Crippen LogP contribution in [0.5, 0.6) is 0 Å². The van der Waals surface area contributed by atoms with Crippen LogP contribution in [0.15, 0.2) is 60.8 Å². The van der Waals surface area contributed by atoms with E-state index in [1.165, 1.54) is 22.1 Å². The van der Waals surface area contributed by atoms with Crippen LogP contribution in [0.2, 0.25) is 0 Å². The fourth-order valence-electron chi connectivity index (χ4n) is 2.53. The van der Waals surface area contributed by atoms with Gasteiger partial charge >= 0.3 is 0 Å². The van der Waals surface area contributed by atoms with Gasteiger partial charge in [0.15, 0.2) is 0 Å². The van der Waals surface area contributed by atoms with E-state index in [-0.39, 0.29) is 0 Å². The highest BCUT2D eigenvalue weighted by molar-refractivity contribution is 5.84. The van der Waals surface area contributed by atoms with Gasteiger partial charge in [0.25, 0.3) is 0 Å². The minimum Gasteiger partial charge on any atom is -0.313 e. The Labute approximate surface area is 119 Å². The van der Waals surface area contributed by atoms with Gasteiger partial charge in [0, 0.05) is 17.6 Å². The molecule has 20 heavy (non-hydrogen) atoms. The lowest BCUT2D eigenvalue weighted by molar-refractivity contribution is 0.654. The molecular formula is C18H18N2. The number of hydrogen-bond acceptors (Lipinski definition) is 2. The van der Waals surface area contributed by atoms with Crippen molar-refractivity contribution in [1.82, 2.24) is 10.3 Å². The minimum absolute atomic E-state index is 0.325. The topological polar surface area (TPSA) is 24.9 Å². The van der Waals surface area contributed by atoms with E-state index in [0.717, 1.165) is 5.52 Å². The zero-order chi connectivity index (χ0) is 13.9. The van der Waals surface area contributed by atoms with Crippen molar-refractivity contribution in [2.45, 2.75) is 13.0 Å². The summed E-state index contributed by atoms with van der Waals surface area (Å²) in [6.07, 6.45) is 1.84. The summed E-state index contributed by atoms with van der Waals surface area (Å²) in [6, 6.07) is 19.4. The first-order valence-electron chi connectivity index (χ1n) is 6.91. The van der Waals surface area contributed by atoms with Gasteiger partial charge in [-0.25, -0.2) is 0 Å². The largest absolute Gasteiger partial charge is 0.313 e. The van der Waals surface area contributed by atoms with Crippen LogP contribution in [-0.4, -0.2) is 12.0 Å². The lowest BCUT2D eigenvalue weighted by Crippen LogP contribution is -2.13. The second-order valence-corrected chi connectivity index (χ2v) is 5.01. The molecule has 100 valence electrons. The van der Waals surface area contributed by atoms with E-state index in [1.54, 1.807) is 0 Å². The molecule has 0 aliphatic rings. The van der Waals surface area contributed by atoms with Gasteiger partial charge < -0.3 is 5.32 Å². The number of pyridine rings is 1. The molecule has 0 radical (unpaired) electrons. The van der Waals surface area contributed by atoms with Gasteiger partial charge in [-0.2, -0.15) is 0 Å². The van der Waals surface area contributed by atoms with Crippen molar-refractivity contribution in [2.75, 3.05) is 7.05 Å². The molecule has 0 saturated carbocycles. The molecule has 0 aliphatic carbocycles. The number of nitrogens with one attached hydrogen (secondary N) is 1. The predicted octanol–water partition coefficient (Wildman–Crippen LogP) is 4.18. The average Bonchev–Trinajstić information content (AvgIpc) is 2.53. The molecule has 0 spiro atoms. The van der Waals surface area contributed by atoms with Crippen molar-refractivity contribution < 1.29 is 0 Å². The minimum atomic E-state index is 0.325. The van der Waals surface area contributed by atoms with Gasteiger partial charge in [-0.05, 0) is 42.8 Å². The Balaban J connectivity index is 2.15. The summed E-state index contributed by atoms with van der Waals surface area (Å²) in [5.41, 5.74) is 4.83. The summed E-state index contributed by atoms with van der Waals surface area (Å²) in [5.74, 6) is 0. The number of nitrogens with zero attached hydrogens (tertiary/aromatic N) is 1. The Morgan fingerprint density at radius 1 is 1.00 bits per heavy atom. The smallest absolute Gasteiger partial charge is 0.0708 e. The molecule has 0 saturated heterocycles. The quantitative estimate of drug-likeness (QED) is 0.766. The maximum atomic E-state index is 4.45. The number of benzene rings is 2. The Hall–Kier alpha value is -2.19. The van der Waals surface area contributed by atoms with Crippen LogP contribution < -0.4 is 5.32 Å². The maximum absolute atomic E-state index is 4.45. The van der Waals surface area contributed by atoms with Gasteiger partial charge in [-0.1, -0.05) is 42.5 Å². The summed E-state index contributed by atoms with van der Waals surface area (Å²) in [5, 5.41) is 4.49.